The Morgan fingerprint density at radius 1 is 1.25 bits per heavy atom. The maximum atomic E-state index is 9.93. The monoisotopic (exact) mass is 254 g/mol. The molecule has 4 N–H and O–H groups in total. The van der Waals surface area contributed by atoms with Crippen LogP contribution in [0.2, 0.25) is 0 Å². The van der Waals surface area contributed by atoms with Gasteiger partial charge in [0.25, 0.3) is 0 Å². The molecule has 0 aromatic heterocycles. The van der Waals surface area contributed by atoms with Gasteiger partial charge in [-0.2, -0.15) is 0 Å². The summed E-state index contributed by atoms with van der Waals surface area (Å²) in [6.07, 6.45) is 5.50. The predicted molar refractivity (Wildman–Crippen MR) is 71.2 cm³/mol. The summed E-state index contributed by atoms with van der Waals surface area (Å²) in [6, 6.07) is 0. The predicted octanol–water partition coefficient (Wildman–Crippen LogP) is 2.02. The van der Waals surface area contributed by atoms with Crippen molar-refractivity contribution in [3.63, 3.8) is 0 Å². The van der Waals surface area contributed by atoms with E-state index in [1.165, 1.54) is 12.8 Å². The van der Waals surface area contributed by atoms with Crippen molar-refractivity contribution in [2.75, 3.05) is 20.1 Å². The summed E-state index contributed by atoms with van der Waals surface area (Å²) >= 11 is 0. The van der Waals surface area contributed by atoms with Gasteiger partial charge < -0.3 is 16.2 Å². The van der Waals surface area contributed by atoms with Crippen molar-refractivity contribution in [2.24, 2.45) is 5.73 Å². The van der Waals surface area contributed by atoms with Gasteiger partial charge in [-0.3, -0.25) is 4.79 Å². The average molecular weight is 255 g/mol. The third-order valence-electron chi connectivity index (χ3n) is 1.88. The van der Waals surface area contributed by atoms with E-state index in [-0.39, 0.29) is 18.8 Å². The van der Waals surface area contributed by atoms with Crippen LogP contribution in [0, 0.1) is 0 Å². The Morgan fingerprint density at radius 2 is 1.88 bits per heavy atom. The Kier molecular flexibility index (Phi) is 26.5. The molecule has 4 nitrogen and oxygen atoms in total. The molecule has 0 amide bonds. The molecule has 0 bridgehead atoms. The summed E-state index contributed by atoms with van der Waals surface area (Å²) in [5, 5.41) is 11.3. The Morgan fingerprint density at radius 3 is 2.19 bits per heavy atom. The van der Waals surface area contributed by atoms with E-state index < -0.39 is 5.97 Å². The molecule has 16 heavy (non-hydrogen) atoms. The number of aliphatic carboxylic acids is 1. The van der Waals surface area contributed by atoms with E-state index in [1.807, 2.05) is 7.05 Å². The van der Waals surface area contributed by atoms with Crippen LogP contribution in [0.25, 0.3) is 0 Å². The van der Waals surface area contributed by atoms with E-state index in [2.05, 4.69) is 12.2 Å². The van der Waals surface area contributed by atoms with E-state index >= 15 is 0 Å². The van der Waals surface area contributed by atoms with Crippen LogP contribution in [0.4, 0.5) is 0 Å². The van der Waals surface area contributed by atoms with E-state index in [9.17, 15) is 4.79 Å². The van der Waals surface area contributed by atoms with Crippen LogP contribution in [0.3, 0.4) is 0 Å². The van der Waals surface area contributed by atoms with Crippen molar-refractivity contribution in [2.45, 2.75) is 45.4 Å². The molecule has 0 aromatic rings. The van der Waals surface area contributed by atoms with Gasteiger partial charge in [-0.25, -0.2) is 0 Å². The zero-order valence-electron chi connectivity index (χ0n) is 10.5. The molecule has 0 aliphatic carbocycles. The second-order valence-electron chi connectivity index (χ2n) is 3.45. The summed E-state index contributed by atoms with van der Waals surface area (Å²) in [5.74, 6) is -0.716. The van der Waals surface area contributed by atoms with Gasteiger partial charge in [0.2, 0.25) is 0 Å². The number of hydrogen-bond acceptors (Lipinski definition) is 3. The molecule has 0 heterocycles. The largest absolute Gasteiger partial charge is 0.481 e. The standard InChI is InChI=1S/C6H13NO2.C5H13N.ClH/c7-5-3-1-2-4-6(8)9;1-3-4-5-6-2;/h1-5,7H2,(H,8,9);6H,3-5H2,1-2H3;1H. The van der Waals surface area contributed by atoms with Gasteiger partial charge in [0.1, 0.15) is 0 Å². The van der Waals surface area contributed by atoms with Crippen LogP contribution in [0.1, 0.15) is 45.4 Å². The Labute approximate surface area is 105 Å². The van der Waals surface area contributed by atoms with Crippen LogP contribution in [-0.2, 0) is 4.79 Å². The minimum Gasteiger partial charge on any atom is -0.481 e. The third-order valence-corrected chi connectivity index (χ3v) is 1.88. The Balaban J connectivity index is -0.000000214. The fourth-order valence-electron chi connectivity index (χ4n) is 0.951. The smallest absolute Gasteiger partial charge is 0.303 e. The van der Waals surface area contributed by atoms with Crippen LogP contribution < -0.4 is 11.1 Å². The van der Waals surface area contributed by atoms with Gasteiger partial charge in [0, 0.05) is 6.42 Å². The number of nitrogens with one attached hydrogen (secondary N) is 1. The van der Waals surface area contributed by atoms with Crippen molar-refractivity contribution in [3.8, 4) is 0 Å². The second-order valence-corrected chi connectivity index (χ2v) is 3.45. The SMILES string of the molecule is CCCCNC.Cl.NCCCCCC(=O)O. The summed E-state index contributed by atoms with van der Waals surface area (Å²) in [4.78, 5) is 9.93. The van der Waals surface area contributed by atoms with Crippen LogP contribution in [0.15, 0.2) is 0 Å². The lowest BCUT2D eigenvalue weighted by molar-refractivity contribution is -0.137. The fourth-order valence-corrected chi connectivity index (χ4v) is 0.951. The van der Waals surface area contributed by atoms with Crippen LogP contribution in [0.5, 0.6) is 0 Å². The fraction of sp³-hybridized carbons (Fsp3) is 0.909. The van der Waals surface area contributed by atoms with Crippen molar-refractivity contribution in [1.29, 1.82) is 0 Å². The molecular weight excluding hydrogens is 228 g/mol. The molecule has 0 rings (SSSR count). The number of halogens is 1. The Hall–Kier alpha value is -0.320. The first-order chi connectivity index (χ1) is 7.18. The first kappa shape index (κ1) is 21.0. The highest BCUT2D eigenvalue weighted by Crippen LogP contribution is 1.97. The molecule has 5 heteroatoms. The molecule has 0 fully saturated rings. The first-order valence-corrected chi connectivity index (χ1v) is 5.75. The van der Waals surface area contributed by atoms with Gasteiger partial charge in [0.05, 0.1) is 0 Å². The van der Waals surface area contributed by atoms with Crippen LogP contribution >= 0.6 is 12.4 Å². The van der Waals surface area contributed by atoms with Gasteiger partial charge in [0.15, 0.2) is 0 Å². The zero-order valence-corrected chi connectivity index (χ0v) is 11.3. The second kappa shape index (κ2) is 20.1. The lowest BCUT2D eigenvalue weighted by atomic mass is 10.2. The lowest BCUT2D eigenvalue weighted by Gasteiger charge is -1.93. The molecular formula is C11H27ClN2O2. The van der Waals surface area contributed by atoms with Crippen molar-refractivity contribution in [1.82, 2.24) is 5.32 Å². The molecule has 0 aliphatic heterocycles. The maximum absolute atomic E-state index is 9.93. The summed E-state index contributed by atoms with van der Waals surface area (Å²) < 4.78 is 0. The molecule has 0 radical (unpaired) electrons. The highest BCUT2D eigenvalue weighted by atomic mass is 35.5. The van der Waals surface area contributed by atoms with Crippen molar-refractivity contribution in [3.05, 3.63) is 0 Å². The number of carbonyl (C=O) groups is 1. The van der Waals surface area contributed by atoms with Gasteiger partial charge in [-0.05, 0) is 39.4 Å². The molecule has 0 spiro atoms. The van der Waals surface area contributed by atoms with Gasteiger partial charge >= 0.3 is 5.97 Å². The van der Waals surface area contributed by atoms with Gasteiger partial charge in [-0.15, -0.1) is 12.4 Å². The van der Waals surface area contributed by atoms with E-state index in [0.29, 0.717) is 6.54 Å². The van der Waals surface area contributed by atoms with Crippen molar-refractivity contribution < 1.29 is 9.90 Å². The number of rotatable bonds is 8. The Bertz CT molecular complexity index is 131. The van der Waals surface area contributed by atoms with E-state index in [4.69, 9.17) is 10.8 Å². The number of nitrogens with two attached hydrogens (primary N) is 1. The molecule has 0 saturated heterocycles. The number of carboxylic acids is 1. The summed E-state index contributed by atoms with van der Waals surface area (Å²) in [5.41, 5.74) is 5.20. The highest BCUT2D eigenvalue weighted by molar-refractivity contribution is 5.85. The molecule has 0 unspecified atom stereocenters. The normalized spacial score (nSPS) is 8.69. The average Bonchev–Trinajstić information content (AvgIpc) is 2.22. The molecule has 100 valence electrons. The molecule has 0 aliphatic rings. The molecule has 0 saturated carbocycles. The number of carboxylic acid groups (broad SMARTS) is 1. The van der Waals surface area contributed by atoms with Crippen LogP contribution in [-0.4, -0.2) is 31.2 Å². The summed E-state index contributed by atoms with van der Waals surface area (Å²) in [6.45, 7) is 4.02. The van der Waals surface area contributed by atoms with Gasteiger partial charge in [-0.1, -0.05) is 19.8 Å². The number of unbranched alkanes of at least 4 members (excludes halogenated alkanes) is 3. The number of hydrogen-bond donors (Lipinski definition) is 3. The topological polar surface area (TPSA) is 75.3 Å². The molecule has 0 atom stereocenters. The third kappa shape index (κ3) is 29.2. The quantitative estimate of drug-likeness (QED) is 0.580. The van der Waals surface area contributed by atoms with E-state index in [1.54, 1.807) is 0 Å². The summed E-state index contributed by atoms with van der Waals surface area (Å²) in [7, 11) is 1.98. The highest BCUT2D eigenvalue weighted by Gasteiger charge is 1.94. The minimum absolute atomic E-state index is 0. The molecule has 0 aromatic carbocycles. The van der Waals surface area contributed by atoms with E-state index in [0.717, 1.165) is 25.8 Å². The van der Waals surface area contributed by atoms with Crippen molar-refractivity contribution >= 4 is 18.4 Å². The lowest BCUT2D eigenvalue weighted by Crippen LogP contribution is -2.06. The minimum atomic E-state index is -0.716. The maximum Gasteiger partial charge on any atom is 0.303 e. The zero-order chi connectivity index (χ0) is 11.9. The first-order valence-electron chi connectivity index (χ1n) is 5.75.